The summed E-state index contributed by atoms with van der Waals surface area (Å²) >= 11 is 6.18. The molecule has 4 heteroatoms. The Morgan fingerprint density at radius 3 is 2.71 bits per heavy atom. The van der Waals surface area contributed by atoms with Crippen molar-refractivity contribution in [3.05, 3.63) is 28.8 Å². The predicted octanol–water partition coefficient (Wildman–Crippen LogP) is 2.50. The maximum absolute atomic E-state index is 10.7. The van der Waals surface area contributed by atoms with Crippen LogP contribution in [-0.4, -0.2) is 30.6 Å². The lowest BCUT2D eigenvalue weighted by Gasteiger charge is -2.39. The highest BCUT2D eigenvalue weighted by molar-refractivity contribution is 6.33. The molecule has 1 fully saturated rings. The van der Waals surface area contributed by atoms with Crippen LogP contribution in [0.4, 0.5) is 5.69 Å². The Kier molecular flexibility index (Phi) is 4.02. The molecule has 0 atom stereocenters. The number of aldehydes is 1. The van der Waals surface area contributed by atoms with Crippen molar-refractivity contribution in [1.29, 1.82) is 0 Å². The summed E-state index contributed by atoms with van der Waals surface area (Å²) in [7, 11) is 0. The van der Waals surface area contributed by atoms with Crippen LogP contribution in [0.25, 0.3) is 0 Å². The van der Waals surface area contributed by atoms with Gasteiger partial charge in [0.2, 0.25) is 0 Å². The minimum atomic E-state index is 0.113. The lowest BCUT2D eigenvalue weighted by atomic mass is 9.91. The van der Waals surface area contributed by atoms with E-state index in [1.165, 1.54) is 6.42 Å². The monoisotopic (exact) mass is 253 g/mol. The highest BCUT2D eigenvalue weighted by Crippen LogP contribution is 2.34. The molecule has 1 aliphatic carbocycles. The maximum Gasteiger partial charge on any atom is 0.150 e. The van der Waals surface area contributed by atoms with Crippen LogP contribution >= 0.6 is 11.6 Å². The van der Waals surface area contributed by atoms with E-state index in [1.807, 2.05) is 6.07 Å². The molecule has 0 heterocycles. The molecule has 0 spiro atoms. The molecule has 1 aromatic rings. The number of rotatable bonds is 5. The van der Waals surface area contributed by atoms with Crippen LogP contribution in [0, 0.1) is 0 Å². The van der Waals surface area contributed by atoms with Gasteiger partial charge in [-0.2, -0.15) is 0 Å². The first-order valence-corrected chi connectivity index (χ1v) is 6.26. The Bertz CT molecular complexity index is 404. The fourth-order valence-electron chi connectivity index (χ4n) is 2.14. The Labute approximate surface area is 106 Å². The molecule has 0 radical (unpaired) electrons. The standard InChI is InChI=1S/C13H16ClNO2/c14-12-8-10(9-17)4-5-13(12)15(6-7-16)11-2-1-3-11/h4-5,8-9,11,16H,1-3,6-7H2. The minimum absolute atomic E-state index is 0.113. The average molecular weight is 254 g/mol. The SMILES string of the molecule is O=Cc1ccc(N(CCO)C2CCC2)c(Cl)c1. The third-order valence-electron chi connectivity index (χ3n) is 3.27. The van der Waals surface area contributed by atoms with Gasteiger partial charge in [0.15, 0.2) is 0 Å². The molecule has 1 N–H and O–H groups in total. The fraction of sp³-hybridized carbons (Fsp3) is 0.462. The van der Waals surface area contributed by atoms with E-state index in [1.54, 1.807) is 12.1 Å². The van der Waals surface area contributed by atoms with Crippen molar-refractivity contribution in [2.24, 2.45) is 0 Å². The van der Waals surface area contributed by atoms with Crippen molar-refractivity contribution >= 4 is 23.6 Å². The highest BCUT2D eigenvalue weighted by Gasteiger charge is 2.26. The van der Waals surface area contributed by atoms with Crippen molar-refractivity contribution in [3.8, 4) is 0 Å². The molecule has 17 heavy (non-hydrogen) atoms. The van der Waals surface area contributed by atoms with Crippen LogP contribution in [-0.2, 0) is 0 Å². The van der Waals surface area contributed by atoms with Crippen molar-refractivity contribution in [2.75, 3.05) is 18.1 Å². The smallest absolute Gasteiger partial charge is 0.150 e. The average Bonchev–Trinajstić information content (AvgIpc) is 2.26. The van der Waals surface area contributed by atoms with E-state index in [9.17, 15) is 4.79 Å². The summed E-state index contributed by atoms with van der Waals surface area (Å²) in [6, 6.07) is 5.77. The molecule has 0 unspecified atom stereocenters. The third kappa shape index (κ3) is 2.61. The Hall–Kier alpha value is -1.06. The number of nitrogens with zero attached hydrogens (tertiary/aromatic N) is 1. The first-order valence-electron chi connectivity index (χ1n) is 5.88. The number of benzene rings is 1. The Morgan fingerprint density at radius 1 is 1.47 bits per heavy atom. The van der Waals surface area contributed by atoms with Gasteiger partial charge >= 0.3 is 0 Å². The van der Waals surface area contributed by atoms with Gasteiger partial charge in [-0.1, -0.05) is 11.6 Å². The quantitative estimate of drug-likeness (QED) is 0.820. The van der Waals surface area contributed by atoms with E-state index in [0.29, 0.717) is 23.2 Å². The molecular weight excluding hydrogens is 238 g/mol. The van der Waals surface area contributed by atoms with Gasteiger partial charge in [-0.05, 0) is 37.5 Å². The van der Waals surface area contributed by atoms with Gasteiger partial charge in [0.05, 0.1) is 17.3 Å². The molecule has 0 bridgehead atoms. The third-order valence-corrected chi connectivity index (χ3v) is 3.58. The van der Waals surface area contributed by atoms with Crippen molar-refractivity contribution in [3.63, 3.8) is 0 Å². The number of carbonyl (C=O) groups is 1. The number of hydrogen-bond acceptors (Lipinski definition) is 3. The summed E-state index contributed by atoms with van der Waals surface area (Å²) in [5.41, 5.74) is 1.49. The number of anilines is 1. The molecule has 2 rings (SSSR count). The van der Waals surface area contributed by atoms with Crippen molar-refractivity contribution < 1.29 is 9.90 Å². The first-order chi connectivity index (χ1) is 8.26. The van der Waals surface area contributed by atoms with Crippen LogP contribution < -0.4 is 4.90 Å². The second-order valence-corrected chi connectivity index (χ2v) is 4.74. The van der Waals surface area contributed by atoms with Crippen molar-refractivity contribution in [2.45, 2.75) is 25.3 Å². The van der Waals surface area contributed by atoms with Gasteiger partial charge in [0, 0.05) is 18.2 Å². The van der Waals surface area contributed by atoms with Crippen LogP contribution in [0.2, 0.25) is 5.02 Å². The molecule has 1 saturated carbocycles. The van der Waals surface area contributed by atoms with Gasteiger partial charge in [0.25, 0.3) is 0 Å². The molecule has 0 aromatic heterocycles. The largest absolute Gasteiger partial charge is 0.395 e. The first kappa shape index (κ1) is 12.4. The molecule has 1 aliphatic rings. The summed E-state index contributed by atoms with van der Waals surface area (Å²) in [6.45, 7) is 0.701. The van der Waals surface area contributed by atoms with E-state index in [2.05, 4.69) is 4.90 Å². The lowest BCUT2D eigenvalue weighted by molar-refractivity contribution is 0.112. The maximum atomic E-state index is 10.7. The number of halogens is 1. The van der Waals surface area contributed by atoms with Crippen molar-refractivity contribution in [1.82, 2.24) is 0 Å². The van der Waals surface area contributed by atoms with Crippen LogP contribution in [0.5, 0.6) is 0 Å². The number of aliphatic hydroxyl groups excluding tert-OH is 1. The topological polar surface area (TPSA) is 40.5 Å². The van der Waals surface area contributed by atoms with Gasteiger partial charge < -0.3 is 10.0 Å². The van der Waals surface area contributed by atoms with Crippen LogP contribution in [0.15, 0.2) is 18.2 Å². The summed E-state index contributed by atoms with van der Waals surface area (Å²) in [6.07, 6.45) is 4.31. The predicted molar refractivity (Wildman–Crippen MR) is 68.9 cm³/mol. The molecule has 0 amide bonds. The van der Waals surface area contributed by atoms with E-state index in [4.69, 9.17) is 16.7 Å². The fourth-order valence-corrected chi connectivity index (χ4v) is 2.43. The molecular formula is C13H16ClNO2. The highest BCUT2D eigenvalue weighted by atomic mass is 35.5. The normalized spacial score (nSPS) is 15.4. The summed E-state index contributed by atoms with van der Waals surface area (Å²) in [4.78, 5) is 12.8. The molecule has 0 aliphatic heterocycles. The van der Waals surface area contributed by atoms with Gasteiger partial charge in [-0.25, -0.2) is 0 Å². The number of aliphatic hydroxyl groups is 1. The Morgan fingerprint density at radius 2 is 2.24 bits per heavy atom. The molecule has 92 valence electrons. The summed E-state index contributed by atoms with van der Waals surface area (Å²) in [5.74, 6) is 0. The van der Waals surface area contributed by atoms with E-state index < -0.39 is 0 Å². The summed E-state index contributed by atoms with van der Waals surface area (Å²) in [5, 5.41) is 9.70. The molecule has 1 aromatic carbocycles. The van der Waals surface area contributed by atoms with Crippen LogP contribution in [0.1, 0.15) is 29.6 Å². The molecule has 3 nitrogen and oxygen atoms in total. The summed E-state index contributed by atoms with van der Waals surface area (Å²) < 4.78 is 0. The zero-order chi connectivity index (χ0) is 12.3. The van der Waals surface area contributed by atoms with Crippen LogP contribution in [0.3, 0.4) is 0 Å². The second-order valence-electron chi connectivity index (χ2n) is 4.33. The minimum Gasteiger partial charge on any atom is -0.395 e. The zero-order valence-electron chi connectivity index (χ0n) is 9.60. The van der Waals surface area contributed by atoms with Gasteiger partial charge in [-0.3, -0.25) is 4.79 Å². The van der Waals surface area contributed by atoms with Gasteiger partial charge in [-0.15, -0.1) is 0 Å². The Balaban J connectivity index is 2.25. The van der Waals surface area contributed by atoms with E-state index in [0.717, 1.165) is 24.8 Å². The molecule has 0 saturated heterocycles. The van der Waals surface area contributed by atoms with E-state index in [-0.39, 0.29) is 6.61 Å². The van der Waals surface area contributed by atoms with E-state index >= 15 is 0 Å². The second kappa shape index (κ2) is 5.52. The lowest BCUT2D eigenvalue weighted by Crippen LogP contribution is -2.42. The number of carbonyl (C=O) groups excluding carboxylic acids is 1. The van der Waals surface area contributed by atoms with Gasteiger partial charge in [0.1, 0.15) is 6.29 Å². The zero-order valence-corrected chi connectivity index (χ0v) is 10.4. The number of hydrogen-bond donors (Lipinski definition) is 1.